The van der Waals surface area contributed by atoms with Crippen LogP contribution in [0.3, 0.4) is 0 Å². The predicted molar refractivity (Wildman–Crippen MR) is 65.7 cm³/mol. The van der Waals surface area contributed by atoms with E-state index in [0.29, 0.717) is 0 Å². The number of benzene rings is 1. The Morgan fingerprint density at radius 2 is 2.06 bits per heavy atom. The topological polar surface area (TPSA) is 32.3 Å². The van der Waals surface area contributed by atoms with Gasteiger partial charge in [-0.25, -0.2) is 0 Å². The number of carbonyl (C=O) groups excluding carboxylic acids is 1. The first kappa shape index (κ1) is 11.1. The zero-order valence-electron chi connectivity index (χ0n) is 10.3. The number of nitrogens with zero attached hydrogens (tertiary/aromatic N) is 1. The highest BCUT2D eigenvalue weighted by molar-refractivity contribution is 6.05. The van der Waals surface area contributed by atoms with E-state index in [4.69, 9.17) is 0 Å². The fraction of sp³-hybridized carbons (Fsp3) is 0.462. The summed E-state index contributed by atoms with van der Waals surface area (Å²) >= 11 is 0. The Kier molecular flexibility index (Phi) is 2.72. The van der Waals surface area contributed by atoms with Crippen molar-refractivity contribution in [3.63, 3.8) is 0 Å². The Morgan fingerprint density at radius 3 is 2.62 bits per heavy atom. The Balaban J connectivity index is 2.64. The van der Waals surface area contributed by atoms with Gasteiger partial charge in [0.25, 0.3) is 0 Å². The van der Waals surface area contributed by atoms with Gasteiger partial charge >= 0.3 is 0 Å². The number of fused-ring (bicyclic) bond motifs is 1. The maximum Gasteiger partial charge on any atom is 0.248 e. The summed E-state index contributed by atoms with van der Waals surface area (Å²) in [5.74, 6) is 0.161. The van der Waals surface area contributed by atoms with Crippen molar-refractivity contribution in [2.45, 2.75) is 26.8 Å². The van der Waals surface area contributed by atoms with E-state index in [2.05, 4.69) is 31.3 Å². The summed E-state index contributed by atoms with van der Waals surface area (Å²) < 4.78 is 0. The van der Waals surface area contributed by atoms with E-state index < -0.39 is 0 Å². The van der Waals surface area contributed by atoms with Crippen molar-refractivity contribution < 1.29 is 4.79 Å². The molecule has 0 saturated carbocycles. The third kappa shape index (κ3) is 1.35. The Labute approximate surface area is 96.5 Å². The molecule has 16 heavy (non-hydrogen) atoms. The molecule has 1 atom stereocenters. The second-order valence-electron chi connectivity index (χ2n) is 4.25. The van der Waals surface area contributed by atoms with Gasteiger partial charge in [0, 0.05) is 12.1 Å². The normalized spacial score (nSPS) is 19.1. The molecule has 1 aliphatic heterocycles. The first-order valence-electron chi connectivity index (χ1n) is 5.70. The standard InChI is InChI=1S/C13H18N2O/c1-5-15-12-9(3)8(2)6-7-10(12)11(14-4)13(15)16/h6-7,11,14H,5H2,1-4H3. The van der Waals surface area contributed by atoms with Gasteiger partial charge in [-0.15, -0.1) is 0 Å². The molecule has 86 valence electrons. The first-order valence-corrected chi connectivity index (χ1v) is 5.70. The summed E-state index contributed by atoms with van der Waals surface area (Å²) in [4.78, 5) is 14.0. The summed E-state index contributed by atoms with van der Waals surface area (Å²) in [5.41, 5.74) is 4.66. The average molecular weight is 218 g/mol. The van der Waals surface area contributed by atoms with Crippen LogP contribution >= 0.6 is 0 Å². The lowest BCUT2D eigenvalue weighted by atomic mass is 10.0. The highest BCUT2D eigenvalue weighted by Gasteiger charge is 2.36. The van der Waals surface area contributed by atoms with E-state index in [1.807, 2.05) is 18.9 Å². The molecule has 1 aromatic rings. The van der Waals surface area contributed by atoms with Gasteiger partial charge in [-0.05, 0) is 38.9 Å². The molecule has 0 bridgehead atoms. The van der Waals surface area contributed by atoms with Gasteiger partial charge in [0.05, 0.1) is 5.69 Å². The lowest BCUT2D eigenvalue weighted by Crippen LogP contribution is -2.33. The summed E-state index contributed by atoms with van der Waals surface area (Å²) in [5, 5.41) is 3.09. The number of nitrogens with one attached hydrogen (secondary N) is 1. The van der Waals surface area contributed by atoms with Crippen molar-refractivity contribution in [1.29, 1.82) is 0 Å². The zero-order valence-corrected chi connectivity index (χ0v) is 10.3. The second-order valence-corrected chi connectivity index (χ2v) is 4.25. The number of hydrogen-bond acceptors (Lipinski definition) is 2. The fourth-order valence-corrected chi connectivity index (χ4v) is 2.41. The van der Waals surface area contributed by atoms with Crippen LogP contribution in [-0.4, -0.2) is 19.5 Å². The van der Waals surface area contributed by atoms with E-state index in [0.717, 1.165) is 17.8 Å². The van der Waals surface area contributed by atoms with Gasteiger partial charge in [-0.2, -0.15) is 0 Å². The maximum atomic E-state index is 12.2. The number of rotatable bonds is 2. The minimum Gasteiger partial charge on any atom is -0.310 e. The summed E-state index contributed by atoms with van der Waals surface area (Å²) in [6.07, 6.45) is 0. The summed E-state index contributed by atoms with van der Waals surface area (Å²) in [7, 11) is 1.83. The summed E-state index contributed by atoms with van der Waals surface area (Å²) in [6, 6.07) is 3.98. The molecule has 0 saturated heterocycles. The molecule has 1 N–H and O–H groups in total. The highest BCUT2D eigenvalue weighted by Crippen LogP contribution is 2.39. The molecule has 2 rings (SSSR count). The number of anilines is 1. The molecule has 0 radical (unpaired) electrons. The molecular formula is C13H18N2O. The molecule has 0 fully saturated rings. The number of hydrogen-bond donors (Lipinski definition) is 1. The lowest BCUT2D eigenvalue weighted by molar-refractivity contribution is -0.119. The highest BCUT2D eigenvalue weighted by atomic mass is 16.2. The number of amides is 1. The molecule has 3 heteroatoms. The molecule has 1 unspecified atom stereocenters. The second kappa shape index (κ2) is 3.91. The third-order valence-electron chi connectivity index (χ3n) is 3.43. The molecular weight excluding hydrogens is 200 g/mol. The minimum atomic E-state index is -0.172. The molecule has 1 amide bonds. The van der Waals surface area contributed by atoms with Gasteiger partial charge in [0.15, 0.2) is 0 Å². The van der Waals surface area contributed by atoms with E-state index in [-0.39, 0.29) is 11.9 Å². The quantitative estimate of drug-likeness (QED) is 0.822. The van der Waals surface area contributed by atoms with Gasteiger partial charge in [0.2, 0.25) is 5.91 Å². The van der Waals surface area contributed by atoms with Crippen LogP contribution in [0, 0.1) is 13.8 Å². The summed E-state index contributed by atoms with van der Waals surface area (Å²) in [6.45, 7) is 6.92. The van der Waals surface area contributed by atoms with E-state index in [9.17, 15) is 4.79 Å². The van der Waals surface area contributed by atoms with E-state index in [1.165, 1.54) is 11.1 Å². The molecule has 1 aromatic carbocycles. The van der Waals surface area contributed by atoms with Crippen LogP contribution in [0.4, 0.5) is 5.69 Å². The first-order chi connectivity index (χ1) is 7.61. The SMILES string of the molecule is CCN1C(=O)C(NC)c2ccc(C)c(C)c21. The van der Waals surface area contributed by atoms with E-state index in [1.54, 1.807) is 0 Å². The molecule has 1 heterocycles. The number of likely N-dealkylation sites (N-methyl/N-ethyl adjacent to an activating group) is 2. The molecule has 3 nitrogen and oxygen atoms in total. The van der Waals surface area contributed by atoms with Crippen molar-refractivity contribution in [2.24, 2.45) is 0 Å². The van der Waals surface area contributed by atoms with Crippen LogP contribution in [0.2, 0.25) is 0 Å². The largest absolute Gasteiger partial charge is 0.310 e. The van der Waals surface area contributed by atoms with Crippen molar-refractivity contribution in [2.75, 3.05) is 18.5 Å². The van der Waals surface area contributed by atoms with Crippen molar-refractivity contribution in [3.8, 4) is 0 Å². The monoisotopic (exact) mass is 218 g/mol. The van der Waals surface area contributed by atoms with Gasteiger partial charge in [-0.1, -0.05) is 12.1 Å². The van der Waals surface area contributed by atoms with Crippen molar-refractivity contribution in [1.82, 2.24) is 5.32 Å². The Bertz CT molecular complexity index is 440. The van der Waals surface area contributed by atoms with Crippen LogP contribution in [-0.2, 0) is 4.79 Å². The molecule has 0 aromatic heterocycles. The predicted octanol–water partition coefficient (Wildman–Crippen LogP) is 1.93. The van der Waals surface area contributed by atoms with Crippen molar-refractivity contribution in [3.05, 3.63) is 28.8 Å². The molecule has 0 aliphatic carbocycles. The van der Waals surface area contributed by atoms with Crippen LogP contribution in [0.25, 0.3) is 0 Å². The van der Waals surface area contributed by atoms with E-state index >= 15 is 0 Å². The van der Waals surface area contributed by atoms with Crippen LogP contribution < -0.4 is 10.2 Å². The smallest absolute Gasteiger partial charge is 0.248 e. The fourth-order valence-electron chi connectivity index (χ4n) is 2.41. The minimum absolute atomic E-state index is 0.161. The van der Waals surface area contributed by atoms with Gasteiger partial charge in [-0.3, -0.25) is 4.79 Å². The molecule has 0 spiro atoms. The lowest BCUT2D eigenvalue weighted by Gasteiger charge is -2.18. The number of aryl methyl sites for hydroxylation is 1. The number of carbonyl (C=O) groups is 1. The Hall–Kier alpha value is -1.35. The molecule has 1 aliphatic rings. The van der Waals surface area contributed by atoms with Gasteiger partial charge < -0.3 is 10.2 Å². The maximum absolute atomic E-state index is 12.2. The van der Waals surface area contributed by atoms with Crippen LogP contribution in [0.1, 0.15) is 29.7 Å². The third-order valence-corrected chi connectivity index (χ3v) is 3.43. The van der Waals surface area contributed by atoms with Gasteiger partial charge in [0.1, 0.15) is 6.04 Å². The van der Waals surface area contributed by atoms with Crippen molar-refractivity contribution >= 4 is 11.6 Å². The average Bonchev–Trinajstić information content (AvgIpc) is 2.56. The van der Waals surface area contributed by atoms with Crippen LogP contribution in [0.5, 0.6) is 0 Å². The van der Waals surface area contributed by atoms with Crippen LogP contribution in [0.15, 0.2) is 12.1 Å². The zero-order chi connectivity index (χ0) is 11.9. The Morgan fingerprint density at radius 1 is 1.38 bits per heavy atom.